The maximum absolute atomic E-state index is 12.9. The SMILES string of the molecule is Cn1cncc1-c1nc(OC2(C)COC2)cc(C(=O)Nc2ccnc(C(F)(F)F)c2)n1. The number of imidazole rings is 1. The van der Waals surface area contributed by atoms with Crippen LogP contribution in [0.2, 0.25) is 0 Å². The van der Waals surface area contributed by atoms with Crippen LogP contribution in [-0.2, 0) is 18.0 Å². The van der Waals surface area contributed by atoms with E-state index >= 15 is 0 Å². The molecule has 0 saturated carbocycles. The molecule has 12 heteroatoms. The molecule has 9 nitrogen and oxygen atoms in total. The lowest BCUT2D eigenvalue weighted by atomic mass is 10.1. The summed E-state index contributed by atoms with van der Waals surface area (Å²) in [6.07, 6.45) is -0.606. The molecule has 0 spiro atoms. The van der Waals surface area contributed by atoms with E-state index in [2.05, 4.69) is 25.3 Å². The summed E-state index contributed by atoms with van der Waals surface area (Å²) in [5, 5.41) is 2.40. The van der Waals surface area contributed by atoms with Crippen molar-refractivity contribution in [3.63, 3.8) is 0 Å². The molecule has 1 aliphatic heterocycles. The van der Waals surface area contributed by atoms with Gasteiger partial charge >= 0.3 is 6.18 Å². The molecule has 1 amide bonds. The number of rotatable bonds is 5. The fourth-order valence-electron chi connectivity index (χ4n) is 2.84. The molecule has 4 rings (SSSR count). The highest BCUT2D eigenvalue weighted by Crippen LogP contribution is 2.29. The van der Waals surface area contributed by atoms with Crippen LogP contribution in [0, 0.1) is 0 Å². The maximum atomic E-state index is 12.9. The Hall–Kier alpha value is -3.54. The Morgan fingerprint density at radius 2 is 2.06 bits per heavy atom. The fraction of sp³-hybridized carbons (Fsp3) is 0.316. The molecule has 3 aromatic heterocycles. The van der Waals surface area contributed by atoms with Crippen molar-refractivity contribution in [3.8, 4) is 17.4 Å². The predicted molar refractivity (Wildman–Crippen MR) is 101 cm³/mol. The van der Waals surface area contributed by atoms with Gasteiger partial charge in [-0.1, -0.05) is 0 Å². The number of hydrogen-bond acceptors (Lipinski definition) is 7. The van der Waals surface area contributed by atoms with Crippen molar-refractivity contribution in [1.29, 1.82) is 0 Å². The van der Waals surface area contributed by atoms with Crippen molar-refractivity contribution in [3.05, 3.63) is 48.3 Å². The van der Waals surface area contributed by atoms with Crippen LogP contribution in [0.4, 0.5) is 18.9 Å². The summed E-state index contributed by atoms with van der Waals surface area (Å²) in [4.78, 5) is 28.7. The monoisotopic (exact) mass is 434 g/mol. The van der Waals surface area contributed by atoms with Crippen LogP contribution >= 0.6 is 0 Å². The van der Waals surface area contributed by atoms with E-state index in [1.807, 2.05) is 6.92 Å². The molecule has 0 aromatic carbocycles. The lowest BCUT2D eigenvalue weighted by Gasteiger charge is -2.37. The van der Waals surface area contributed by atoms with E-state index in [-0.39, 0.29) is 23.1 Å². The largest absolute Gasteiger partial charge is 0.466 e. The van der Waals surface area contributed by atoms with E-state index in [0.717, 1.165) is 12.3 Å². The van der Waals surface area contributed by atoms with Crippen molar-refractivity contribution >= 4 is 11.6 Å². The number of alkyl halides is 3. The number of nitrogens with one attached hydrogen (secondary N) is 1. The summed E-state index contributed by atoms with van der Waals surface area (Å²) in [5.74, 6) is -0.421. The van der Waals surface area contributed by atoms with Gasteiger partial charge < -0.3 is 19.4 Å². The normalized spacial score (nSPS) is 15.3. The smallest absolute Gasteiger partial charge is 0.433 e. The summed E-state index contributed by atoms with van der Waals surface area (Å²) in [6, 6.07) is 3.32. The van der Waals surface area contributed by atoms with E-state index in [4.69, 9.17) is 9.47 Å². The topological polar surface area (TPSA) is 104 Å². The zero-order chi connectivity index (χ0) is 22.2. The first-order chi connectivity index (χ1) is 14.6. The highest BCUT2D eigenvalue weighted by molar-refractivity contribution is 6.03. The molecular formula is C19H17F3N6O3. The molecule has 0 bridgehead atoms. The first-order valence-electron chi connectivity index (χ1n) is 9.10. The minimum atomic E-state index is -4.64. The number of halogens is 3. The third-order valence-electron chi connectivity index (χ3n) is 4.46. The summed E-state index contributed by atoms with van der Waals surface area (Å²) in [6.45, 7) is 2.55. The standard InChI is InChI=1S/C19H17F3N6O3/c1-18(8-30-9-18)31-15-6-12(26-16(27-15)13-7-23-10-28(13)2)17(29)25-11-3-4-24-14(5-11)19(20,21)22/h3-7,10H,8-9H2,1-2H3,(H,24,25,29). The minimum Gasteiger partial charge on any atom is -0.466 e. The number of nitrogens with zero attached hydrogens (tertiary/aromatic N) is 5. The van der Waals surface area contributed by atoms with Gasteiger partial charge in [0.25, 0.3) is 5.91 Å². The average molecular weight is 434 g/mol. The zero-order valence-electron chi connectivity index (χ0n) is 16.5. The van der Waals surface area contributed by atoms with Crippen molar-refractivity contribution in [1.82, 2.24) is 24.5 Å². The number of carbonyl (C=O) groups is 1. The van der Waals surface area contributed by atoms with E-state index in [1.165, 1.54) is 18.3 Å². The molecule has 0 aliphatic carbocycles. The van der Waals surface area contributed by atoms with Gasteiger partial charge in [-0.3, -0.25) is 9.78 Å². The van der Waals surface area contributed by atoms with E-state index < -0.39 is 23.4 Å². The molecule has 31 heavy (non-hydrogen) atoms. The molecule has 3 aromatic rings. The van der Waals surface area contributed by atoms with E-state index in [9.17, 15) is 18.0 Å². The zero-order valence-corrected chi connectivity index (χ0v) is 16.5. The lowest BCUT2D eigenvalue weighted by Crippen LogP contribution is -2.51. The number of aryl methyl sites for hydroxylation is 1. The van der Waals surface area contributed by atoms with Gasteiger partial charge in [-0.2, -0.15) is 18.2 Å². The van der Waals surface area contributed by atoms with Crippen molar-refractivity contribution < 1.29 is 27.4 Å². The van der Waals surface area contributed by atoms with Gasteiger partial charge in [0.05, 0.1) is 25.7 Å². The number of pyridine rings is 1. The molecule has 1 N–H and O–H groups in total. The van der Waals surface area contributed by atoms with Crippen LogP contribution in [0.1, 0.15) is 23.1 Å². The molecule has 4 heterocycles. The van der Waals surface area contributed by atoms with Gasteiger partial charge in [0, 0.05) is 25.0 Å². The van der Waals surface area contributed by atoms with Crippen LogP contribution in [-0.4, -0.2) is 49.2 Å². The highest BCUT2D eigenvalue weighted by Gasteiger charge is 2.37. The number of amides is 1. The van der Waals surface area contributed by atoms with Crippen LogP contribution in [0.15, 0.2) is 36.9 Å². The Kier molecular flexibility index (Phi) is 5.09. The second-order valence-corrected chi connectivity index (χ2v) is 7.23. The summed E-state index contributed by atoms with van der Waals surface area (Å²) >= 11 is 0. The third-order valence-corrected chi connectivity index (χ3v) is 4.46. The predicted octanol–water partition coefficient (Wildman–Crippen LogP) is 2.71. The van der Waals surface area contributed by atoms with Crippen LogP contribution in [0.5, 0.6) is 5.88 Å². The number of ether oxygens (including phenoxy) is 2. The van der Waals surface area contributed by atoms with E-state index in [1.54, 1.807) is 17.9 Å². The van der Waals surface area contributed by atoms with Gasteiger partial charge in [0.15, 0.2) is 11.4 Å². The Bertz CT molecular complexity index is 1130. The van der Waals surface area contributed by atoms with Gasteiger partial charge in [-0.25, -0.2) is 9.97 Å². The van der Waals surface area contributed by atoms with Gasteiger partial charge in [0.1, 0.15) is 17.1 Å². The third kappa shape index (κ3) is 4.48. The number of carbonyl (C=O) groups excluding carboxylic acids is 1. The van der Waals surface area contributed by atoms with Gasteiger partial charge in [-0.15, -0.1) is 0 Å². The molecule has 1 saturated heterocycles. The summed E-state index contributed by atoms with van der Waals surface area (Å²) in [5.41, 5.74) is -1.35. The van der Waals surface area contributed by atoms with Gasteiger partial charge in [0.2, 0.25) is 5.88 Å². The Balaban J connectivity index is 1.66. The van der Waals surface area contributed by atoms with E-state index in [0.29, 0.717) is 18.9 Å². The average Bonchev–Trinajstić information content (AvgIpc) is 3.12. The molecule has 0 atom stereocenters. The second-order valence-electron chi connectivity index (χ2n) is 7.23. The Morgan fingerprint density at radius 3 is 2.68 bits per heavy atom. The Labute approximate surface area is 174 Å². The first kappa shape index (κ1) is 20.7. The van der Waals surface area contributed by atoms with Crippen LogP contribution in [0.3, 0.4) is 0 Å². The molecular weight excluding hydrogens is 417 g/mol. The van der Waals surface area contributed by atoms with Crippen molar-refractivity contribution in [2.45, 2.75) is 18.7 Å². The maximum Gasteiger partial charge on any atom is 0.433 e. The summed E-state index contributed by atoms with van der Waals surface area (Å²) in [7, 11) is 1.73. The van der Waals surface area contributed by atoms with Crippen molar-refractivity contribution in [2.24, 2.45) is 7.05 Å². The quantitative estimate of drug-likeness (QED) is 0.658. The molecule has 1 aliphatic rings. The fourth-order valence-corrected chi connectivity index (χ4v) is 2.84. The summed E-state index contributed by atoms with van der Waals surface area (Å²) < 4.78 is 51.4. The van der Waals surface area contributed by atoms with Crippen LogP contribution < -0.4 is 10.1 Å². The second kappa shape index (κ2) is 7.61. The lowest BCUT2D eigenvalue weighted by molar-refractivity contribution is -0.151. The minimum absolute atomic E-state index is 0.0742. The molecule has 1 fully saturated rings. The Morgan fingerprint density at radius 1 is 1.29 bits per heavy atom. The molecule has 0 unspecified atom stereocenters. The number of anilines is 1. The van der Waals surface area contributed by atoms with Gasteiger partial charge in [-0.05, 0) is 19.1 Å². The van der Waals surface area contributed by atoms with Crippen molar-refractivity contribution in [2.75, 3.05) is 18.5 Å². The highest BCUT2D eigenvalue weighted by atomic mass is 19.4. The molecule has 162 valence electrons. The van der Waals surface area contributed by atoms with Crippen LogP contribution in [0.25, 0.3) is 11.5 Å². The molecule has 0 radical (unpaired) electrons. The first-order valence-corrected chi connectivity index (χ1v) is 9.10. The number of aromatic nitrogens is 5. The number of hydrogen-bond donors (Lipinski definition) is 1.